The van der Waals surface area contributed by atoms with Crippen molar-refractivity contribution in [3.8, 4) is 17.0 Å². The van der Waals surface area contributed by atoms with Crippen LogP contribution in [0.1, 0.15) is 15.9 Å². The summed E-state index contributed by atoms with van der Waals surface area (Å²) in [5, 5.41) is 22.8. The van der Waals surface area contributed by atoms with Crippen LogP contribution in [0.2, 0.25) is 0 Å². The maximum atomic E-state index is 10.9. The molecule has 4 rings (SSSR count). The van der Waals surface area contributed by atoms with Crippen molar-refractivity contribution in [1.82, 2.24) is 9.38 Å². The summed E-state index contributed by atoms with van der Waals surface area (Å²) < 4.78 is 3.14. The summed E-state index contributed by atoms with van der Waals surface area (Å²) in [6, 6.07) is 16.0. The maximum absolute atomic E-state index is 10.9. The molecule has 0 atom stereocenters. The van der Waals surface area contributed by atoms with E-state index in [1.165, 1.54) is 18.3 Å². The molecule has 0 aliphatic rings. The number of carboxylic acid groups (broad SMARTS) is 1. The number of carbonyl (C=O) groups is 1. The summed E-state index contributed by atoms with van der Waals surface area (Å²) in [4.78, 5) is 15.5. The molecule has 0 amide bonds. The van der Waals surface area contributed by atoms with Crippen molar-refractivity contribution in [2.75, 3.05) is 5.43 Å². The lowest BCUT2D eigenvalue weighted by Gasteiger charge is -2.03. The van der Waals surface area contributed by atoms with Crippen LogP contribution in [-0.4, -0.2) is 31.8 Å². The number of rotatable bonds is 5. The van der Waals surface area contributed by atoms with Gasteiger partial charge in [0.1, 0.15) is 17.0 Å². The number of anilines is 1. The molecule has 0 unspecified atom stereocenters. The minimum Gasteiger partial charge on any atom is -0.507 e. The number of halogens is 1. The van der Waals surface area contributed by atoms with Gasteiger partial charge in [-0.05, 0) is 64.6 Å². The molecule has 144 valence electrons. The first kappa shape index (κ1) is 18.9. The molecule has 0 aliphatic heterocycles. The van der Waals surface area contributed by atoms with E-state index in [0.717, 1.165) is 26.2 Å². The Kier molecular flexibility index (Phi) is 5.17. The SMILES string of the molecule is O=C(O)c1ccc(C=NNc2ccc(-c3cn4cc(I)ccc4n3)cc2)cc1O. The predicted octanol–water partition coefficient (Wildman–Crippen LogP) is 4.46. The van der Waals surface area contributed by atoms with Gasteiger partial charge in [-0.3, -0.25) is 5.43 Å². The first-order valence-corrected chi connectivity index (χ1v) is 9.67. The minimum absolute atomic E-state index is 0.146. The Morgan fingerprint density at radius 3 is 2.62 bits per heavy atom. The van der Waals surface area contributed by atoms with Crippen molar-refractivity contribution in [3.63, 3.8) is 0 Å². The molecule has 0 saturated carbocycles. The minimum atomic E-state index is -1.18. The van der Waals surface area contributed by atoms with Gasteiger partial charge in [0.2, 0.25) is 0 Å². The molecule has 29 heavy (non-hydrogen) atoms. The van der Waals surface area contributed by atoms with Gasteiger partial charge < -0.3 is 14.6 Å². The number of benzene rings is 2. The number of carboxylic acids is 1. The van der Waals surface area contributed by atoms with Gasteiger partial charge in [0, 0.05) is 21.5 Å². The Hall–Kier alpha value is -3.40. The van der Waals surface area contributed by atoms with Gasteiger partial charge in [0.25, 0.3) is 0 Å². The third-order valence-corrected chi connectivity index (χ3v) is 4.89. The quantitative estimate of drug-likeness (QED) is 0.215. The first-order valence-electron chi connectivity index (χ1n) is 8.60. The number of aromatic carboxylic acids is 1. The largest absolute Gasteiger partial charge is 0.507 e. The van der Waals surface area contributed by atoms with E-state index in [9.17, 15) is 9.90 Å². The van der Waals surface area contributed by atoms with Gasteiger partial charge in [-0.1, -0.05) is 18.2 Å². The van der Waals surface area contributed by atoms with E-state index in [1.807, 2.05) is 53.2 Å². The fourth-order valence-electron chi connectivity index (χ4n) is 2.81. The number of imidazole rings is 1. The molecule has 0 spiro atoms. The first-order chi connectivity index (χ1) is 14.0. The maximum Gasteiger partial charge on any atom is 0.339 e. The lowest BCUT2D eigenvalue weighted by atomic mass is 10.1. The number of fused-ring (bicyclic) bond motifs is 1. The fourth-order valence-corrected chi connectivity index (χ4v) is 3.29. The lowest BCUT2D eigenvalue weighted by molar-refractivity contribution is 0.0693. The standard InChI is InChI=1S/C21H15IN4O3/c22-15-4-8-20-24-18(12-26(20)11-15)14-2-5-16(6-3-14)25-23-10-13-1-7-17(21(28)29)19(27)9-13/h1-12,25,27H,(H,28,29). The number of nitrogens with zero attached hydrogens (tertiary/aromatic N) is 3. The fraction of sp³-hybridized carbons (Fsp3) is 0. The molecule has 4 aromatic rings. The molecule has 3 N–H and O–H groups in total. The third-order valence-electron chi connectivity index (χ3n) is 4.26. The second-order valence-electron chi connectivity index (χ2n) is 6.27. The Morgan fingerprint density at radius 2 is 1.90 bits per heavy atom. The molecule has 7 nitrogen and oxygen atoms in total. The van der Waals surface area contributed by atoms with Crippen LogP contribution in [-0.2, 0) is 0 Å². The van der Waals surface area contributed by atoms with Gasteiger partial charge in [0.05, 0.1) is 17.6 Å². The van der Waals surface area contributed by atoms with Crippen LogP contribution < -0.4 is 5.43 Å². The molecule has 8 heteroatoms. The topological polar surface area (TPSA) is 99.2 Å². The highest BCUT2D eigenvalue weighted by Crippen LogP contribution is 2.22. The van der Waals surface area contributed by atoms with Crippen LogP contribution in [0.15, 0.2) is 72.1 Å². The van der Waals surface area contributed by atoms with Gasteiger partial charge in [-0.15, -0.1) is 0 Å². The summed E-state index contributed by atoms with van der Waals surface area (Å²) in [5.41, 5.74) is 6.90. The Balaban J connectivity index is 1.46. The van der Waals surface area contributed by atoms with E-state index >= 15 is 0 Å². The molecule has 0 radical (unpaired) electrons. The summed E-state index contributed by atoms with van der Waals surface area (Å²) in [7, 11) is 0. The molecule has 0 fully saturated rings. The van der Waals surface area contributed by atoms with E-state index in [0.29, 0.717) is 5.56 Å². The Bertz CT molecular complexity index is 1230. The van der Waals surface area contributed by atoms with Crippen LogP contribution >= 0.6 is 22.6 Å². The van der Waals surface area contributed by atoms with Crippen LogP contribution in [0, 0.1) is 3.57 Å². The van der Waals surface area contributed by atoms with Crippen LogP contribution in [0.25, 0.3) is 16.9 Å². The van der Waals surface area contributed by atoms with Gasteiger partial charge in [-0.2, -0.15) is 5.10 Å². The zero-order valence-corrected chi connectivity index (χ0v) is 17.1. The summed E-state index contributed by atoms with van der Waals surface area (Å²) in [6.07, 6.45) is 5.52. The van der Waals surface area contributed by atoms with Gasteiger partial charge in [-0.25, -0.2) is 9.78 Å². The van der Waals surface area contributed by atoms with E-state index in [4.69, 9.17) is 5.11 Å². The summed E-state index contributed by atoms with van der Waals surface area (Å²) in [5.74, 6) is -1.47. The molecule has 0 aliphatic carbocycles. The Labute approximate surface area is 179 Å². The molecular weight excluding hydrogens is 483 g/mol. The third kappa shape index (κ3) is 4.21. The number of phenols is 1. The van der Waals surface area contributed by atoms with Crippen molar-refractivity contribution in [2.45, 2.75) is 0 Å². The number of nitrogens with one attached hydrogen (secondary N) is 1. The average Bonchev–Trinajstić information content (AvgIpc) is 3.11. The monoisotopic (exact) mass is 498 g/mol. The van der Waals surface area contributed by atoms with Crippen molar-refractivity contribution < 1.29 is 15.0 Å². The van der Waals surface area contributed by atoms with Crippen LogP contribution in [0.3, 0.4) is 0 Å². The van der Waals surface area contributed by atoms with Gasteiger partial charge >= 0.3 is 5.97 Å². The second kappa shape index (κ2) is 7.92. The Morgan fingerprint density at radius 1 is 1.10 bits per heavy atom. The lowest BCUT2D eigenvalue weighted by Crippen LogP contribution is -1.97. The average molecular weight is 498 g/mol. The highest BCUT2D eigenvalue weighted by atomic mass is 127. The number of hydrazone groups is 1. The zero-order chi connectivity index (χ0) is 20.4. The smallest absolute Gasteiger partial charge is 0.339 e. The molecule has 2 heterocycles. The van der Waals surface area contributed by atoms with E-state index in [2.05, 4.69) is 38.1 Å². The summed E-state index contributed by atoms with van der Waals surface area (Å²) >= 11 is 2.27. The number of aromatic hydroxyl groups is 1. The van der Waals surface area contributed by atoms with E-state index in [1.54, 1.807) is 6.07 Å². The highest BCUT2D eigenvalue weighted by Gasteiger charge is 2.09. The predicted molar refractivity (Wildman–Crippen MR) is 120 cm³/mol. The number of pyridine rings is 1. The van der Waals surface area contributed by atoms with Crippen molar-refractivity contribution >= 4 is 46.1 Å². The molecule has 2 aromatic carbocycles. The number of aromatic nitrogens is 2. The zero-order valence-electron chi connectivity index (χ0n) is 15.0. The number of hydrogen-bond donors (Lipinski definition) is 3. The highest BCUT2D eigenvalue weighted by molar-refractivity contribution is 14.1. The second-order valence-corrected chi connectivity index (χ2v) is 7.51. The molecule has 0 bridgehead atoms. The van der Waals surface area contributed by atoms with Crippen LogP contribution in [0.5, 0.6) is 5.75 Å². The van der Waals surface area contributed by atoms with Crippen molar-refractivity contribution in [2.24, 2.45) is 5.10 Å². The molecular formula is C21H15IN4O3. The normalized spacial score (nSPS) is 11.2. The van der Waals surface area contributed by atoms with E-state index in [-0.39, 0.29) is 11.3 Å². The number of hydrogen-bond acceptors (Lipinski definition) is 5. The summed E-state index contributed by atoms with van der Waals surface area (Å²) in [6.45, 7) is 0. The van der Waals surface area contributed by atoms with Crippen LogP contribution in [0.4, 0.5) is 5.69 Å². The molecule has 2 aromatic heterocycles. The van der Waals surface area contributed by atoms with Gasteiger partial charge in [0.15, 0.2) is 0 Å². The molecule has 0 saturated heterocycles. The van der Waals surface area contributed by atoms with Crippen molar-refractivity contribution in [3.05, 3.63) is 81.7 Å². The van der Waals surface area contributed by atoms with Crippen molar-refractivity contribution in [1.29, 1.82) is 0 Å². The van der Waals surface area contributed by atoms with E-state index < -0.39 is 5.97 Å².